The van der Waals surface area contributed by atoms with Gasteiger partial charge >= 0.3 is 5.97 Å². The Morgan fingerprint density at radius 2 is 2.05 bits per heavy atom. The van der Waals surface area contributed by atoms with Crippen molar-refractivity contribution in [2.75, 3.05) is 13.1 Å². The molecular formula is C15H28N2O2. The Balaban J connectivity index is 1.67. The number of nitrogens with two attached hydrogens (primary N) is 1. The second kappa shape index (κ2) is 6.23. The highest BCUT2D eigenvalue weighted by molar-refractivity contribution is 5.77. The molecule has 1 aliphatic heterocycles. The number of carbonyl (C=O) groups is 1. The summed E-state index contributed by atoms with van der Waals surface area (Å²) < 4.78 is 0. The average molecular weight is 268 g/mol. The number of likely N-dealkylation sites (tertiary alicyclic amines) is 1. The molecule has 19 heavy (non-hydrogen) atoms. The zero-order valence-corrected chi connectivity index (χ0v) is 12.1. The van der Waals surface area contributed by atoms with E-state index in [9.17, 15) is 4.79 Å². The molecule has 1 saturated carbocycles. The number of hydrogen-bond acceptors (Lipinski definition) is 3. The predicted molar refractivity (Wildman–Crippen MR) is 76.0 cm³/mol. The van der Waals surface area contributed by atoms with Gasteiger partial charge in [-0.05, 0) is 64.5 Å². The molecule has 2 rings (SSSR count). The molecule has 4 nitrogen and oxygen atoms in total. The van der Waals surface area contributed by atoms with Crippen molar-refractivity contribution in [3.8, 4) is 0 Å². The van der Waals surface area contributed by atoms with Crippen molar-refractivity contribution in [3.05, 3.63) is 0 Å². The van der Waals surface area contributed by atoms with Crippen LogP contribution in [-0.2, 0) is 4.79 Å². The van der Waals surface area contributed by atoms with E-state index >= 15 is 0 Å². The number of carboxylic acid groups (broad SMARTS) is 1. The minimum absolute atomic E-state index is 0.574. The zero-order valence-electron chi connectivity index (χ0n) is 12.1. The van der Waals surface area contributed by atoms with Crippen LogP contribution < -0.4 is 5.73 Å². The van der Waals surface area contributed by atoms with E-state index in [4.69, 9.17) is 10.8 Å². The van der Waals surface area contributed by atoms with Crippen molar-refractivity contribution in [3.63, 3.8) is 0 Å². The van der Waals surface area contributed by atoms with Crippen LogP contribution >= 0.6 is 0 Å². The van der Waals surface area contributed by atoms with Crippen molar-refractivity contribution >= 4 is 5.97 Å². The van der Waals surface area contributed by atoms with Gasteiger partial charge in [-0.25, -0.2) is 0 Å². The summed E-state index contributed by atoms with van der Waals surface area (Å²) in [7, 11) is 0. The van der Waals surface area contributed by atoms with E-state index in [2.05, 4.69) is 4.90 Å². The summed E-state index contributed by atoms with van der Waals surface area (Å²) in [5, 5.41) is 8.97. The average Bonchev–Trinajstić information content (AvgIpc) is 2.78. The lowest BCUT2D eigenvalue weighted by Crippen LogP contribution is -2.44. The van der Waals surface area contributed by atoms with Crippen molar-refractivity contribution in [2.24, 2.45) is 11.7 Å². The predicted octanol–water partition coefficient (Wildman–Crippen LogP) is 2.22. The van der Waals surface area contributed by atoms with Gasteiger partial charge in [0, 0.05) is 6.04 Å². The molecule has 0 aromatic rings. The Kier molecular flexibility index (Phi) is 4.85. The maximum absolute atomic E-state index is 10.9. The van der Waals surface area contributed by atoms with Gasteiger partial charge in [0.1, 0.15) is 5.54 Å². The molecule has 1 aliphatic carbocycles. The Morgan fingerprint density at radius 1 is 1.32 bits per heavy atom. The number of nitrogens with zero attached hydrogens (tertiary/aromatic N) is 1. The molecule has 110 valence electrons. The standard InChI is InChI=1S/C15H28N2O2/c1-15(16,14(18)19)9-4-5-10-17-11-8-12-6-2-3-7-13(12)17/h12-13H,2-11,16H2,1H3,(H,18,19). The number of unbranched alkanes of at least 4 members (excludes halogenated alkanes) is 1. The first kappa shape index (κ1) is 14.8. The molecule has 3 atom stereocenters. The molecule has 0 radical (unpaired) electrons. The monoisotopic (exact) mass is 268 g/mol. The summed E-state index contributed by atoms with van der Waals surface area (Å²) in [4.78, 5) is 13.6. The molecule has 3 unspecified atom stereocenters. The smallest absolute Gasteiger partial charge is 0.323 e. The van der Waals surface area contributed by atoms with Crippen LogP contribution in [0.25, 0.3) is 0 Å². The Bertz CT molecular complexity index is 317. The van der Waals surface area contributed by atoms with Gasteiger partial charge < -0.3 is 15.7 Å². The van der Waals surface area contributed by atoms with Gasteiger partial charge in [0.05, 0.1) is 0 Å². The van der Waals surface area contributed by atoms with E-state index in [-0.39, 0.29) is 0 Å². The minimum atomic E-state index is -1.06. The number of fused-ring (bicyclic) bond motifs is 1. The first-order valence-electron chi connectivity index (χ1n) is 7.77. The summed E-state index contributed by atoms with van der Waals surface area (Å²) in [5.74, 6) is 0.0496. The molecule has 0 spiro atoms. The SMILES string of the molecule is CC(N)(CCCCN1CCC2CCCCC21)C(=O)O. The van der Waals surface area contributed by atoms with Gasteiger partial charge in [-0.2, -0.15) is 0 Å². The van der Waals surface area contributed by atoms with Gasteiger partial charge in [-0.3, -0.25) is 4.79 Å². The van der Waals surface area contributed by atoms with Gasteiger partial charge in [0.15, 0.2) is 0 Å². The minimum Gasteiger partial charge on any atom is -0.480 e. The summed E-state index contributed by atoms with van der Waals surface area (Å²) in [6, 6.07) is 0.817. The molecule has 4 heteroatoms. The molecule has 2 aliphatic rings. The van der Waals surface area contributed by atoms with Crippen LogP contribution in [0.1, 0.15) is 58.3 Å². The van der Waals surface area contributed by atoms with E-state index in [0.29, 0.717) is 6.42 Å². The third kappa shape index (κ3) is 3.69. The van der Waals surface area contributed by atoms with Crippen molar-refractivity contribution in [1.82, 2.24) is 4.90 Å². The molecule has 0 bridgehead atoms. The van der Waals surface area contributed by atoms with Gasteiger partial charge in [-0.1, -0.05) is 12.8 Å². The van der Waals surface area contributed by atoms with E-state index in [0.717, 1.165) is 31.3 Å². The van der Waals surface area contributed by atoms with E-state index in [1.807, 2.05) is 0 Å². The summed E-state index contributed by atoms with van der Waals surface area (Å²) >= 11 is 0. The fraction of sp³-hybridized carbons (Fsp3) is 0.933. The molecule has 1 saturated heterocycles. The number of carboxylic acids is 1. The highest BCUT2D eigenvalue weighted by Crippen LogP contribution is 2.36. The van der Waals surface area contributed by atoms with Gasteiger partial charge in [-0.15, -0.1) is 0 Å². The lowest BCUT2D eigenvalue weighted by Gasteiger charge is -2.31. The van der Waals surface area contributed by atoms with E-state index < -0.39 is 11.5 Å². The maximum atomic E-state index is 10.9. The fourth-order valence-electron chi connectivity index (χ4n) is 3.69. The summed E-state index contributed by atoms with van der Waals surface area (Å²) in [6.07, 6.45) is 9.52. The van der Waals surface area contributed by atoms with Crippen LogP contribution in [0.3, 0.4) is 0 Å². The molecule has 2 fully saturated rings. The summed E-state index contributed by atoms with van der Waals surface area (Å²) in [5.41, 5.74) is 4.69. The maximum Gasteiger partial charge on any atom is 0.323 e. The zero-order chi connectivity index (χ0) is 13.9. The number of hydrogen-bond donors (Lipinski definition) is 2. The Labute approximate surface area is 116 Å². The molecule has 1 heterocycles. The second-order valence-electron chi connectivity index (χ2n) is 6.62. The first-order chi connectivity index (χ1) is 9.00. The highest BCUT2D eigenvalue weighted by atomic mass is 16.4. The number of aliphatic carboxylic acids is 1. The fourth-order valence-corrected chi connectivity index (χ4v) is 3.69. The van der Waals surface area contributed by atoms with E-state index in [1.165, 1.54) is 38.6 Å². The molecule has 0 aromatic carbocycles. The third-order valence-electron chi connectivity index (χ3n) is 5.01. The lowest BCUT2D eigenvalue weighted by atomic mass is 9.85. The third-order valence-corrected chi connectivity index (χ3v) is 5.01. The van der Waals surface area contributed by atoms with Crippen LogP contribution in [0.5, 0.6) is 0 Å². The molecule has 0 aromatic heterocycles. The quantitative estimate of drug-likeness (QED) is 0.725. The van der Waals surface area contributed by atoms with E-state index in [1.54, 1.807) is 6.92 Å². The molecular weight excluding hydrogens is 240 g/mol. The van der Waals surface area contributed by atoms with Gasteiger partial charge in [0.25, 0.3) is 0 Å². The normalized spacial score (nSPS) is 30.8. The second-order valence-corrected chi connectivity index (χ2v) is 6.62. The van der Waals surface area contributed by atoms with Crippen LogP contribution in [0, 0.1) is 5.92 Å². The number of rotatable bonds is 6. The summed E-state index contributed by atoms with van der Waals surface area (Å²) in [6.45, 7) is 3.98. The van der Waals surface area contributed by atoms with Crippen LogP contribution in [0.4, 0.5) is 0 Å². The Hall–Kier alpha value is -0.610. The van der Waals surface area contributed by atoms with Crippen molar-refractivity contribution in [2.45, 2.75) is 69.9 Å². The largest absolute Gasteiger partial charge is 0.480 e. The first-order valence-corrected chi connectivity index (χ1v) is 7.77. The lowest BCUT2D eigenvalue weighted by molar-refractivity contribution is -0.142. The van der Waals surface area contributed by atoms with Crippen molar-refractivity contribution < 1.29 is 9.90 Å². The van der Waals surface area contributed by atoms with Crippen LogP contribution in [0.15, 0.2) is 0 Å². The topological polar surface area (TPSA) is 66.6 Å². The molecule has 3 N–H and O–H groups in total. The van der Waals surface area contributed by atoms with Crippen LogP contribution in [-0.4, -0.2) is 40.6 Å². The highest BCUT2D eigenvalue weighted by Gasteiger charge is 2.35. The van der Waals surface area contributed by atoms with Crippen molar-refractivity contribution in [1.29, 1.82) is 0 Å². The van der Waals surface area contributed by atoms with Crippen LogP contribution in [0.2, 0.25) is 0 Å². The Morgan fingerprint density at radius 3 is 2.79 bits per heavy atom. The van der Waals surface area contributed by atoms with Gasteiger partial charge in [0.2, 0.25) is 0 Å². The molecule has 0 amide bonds.